The summed E-state index contributed by atoms with van der Waals surface area (Å²) >= 11 is 0. The van der Waals surface area contributed by atoms with Gasteiger partial charge in [-0.1, -0.05) is 0 Å². The Morgan fingerprint density at radius 2 is 2.05 bits per heavy atom. The van der Waals surface area contributed by atoms with Crippen LogP contribution in [0.4, 0.5) is 0 Å². The molecule has 4 rings (SSSR count). The number of epoxide rings is 1. The van der Waals surface area contributed by atoms with Gasteiger partial charge in [-0.25, -0.2) is 4.79 Å². The minimum absolute atomic E-state index is 0.0532. The third-order valence-corrected chi connectivity index (χ3v) is 3.83. The molecule has 3 heterocycles. The number of benzene rings is 1. The fourth-order valence-corrected chi connectivity index (χ4v) is 2.44. The Labute approximate surface area is 120 Å². The number of hydrogen-bond acceptors (Lipinski definition) is 5. The van der Waals surface area contributed by atoms with E-state index in [2.05, 4.69) is 0 Å². The Bertz CT molecular complexity index is 886. The fraction of sp³-hybridized carbons (Fsp3) is 0.312. The normalized spacial score (nSPS) is 20.0. The lowest BCUT2D eigenvalue weighted by Crippen LogP contribution is -2.13. The molecule has 1 aliphatic rings. The van der Waals surface area contributed by atoms with E-state index in [1.165, 1.54) is 6.07 Å². The van der Waals surface area contributed by atoms with Crippen LogP contribution in [0, 0.1) is 0 Å². The van der Waals surface area contributed by atoms with Gasteiger partial charge in [0.25, 0.3) is 0 Å². The average Bonchev–Trinajstić information content (AvgIpc) is 2.83. The van der Waals surface area contributed by atoms with Gasteiger partial charge in [-0.3, -0.25) is 0 Å². The molecule has 1 unspecified atom stereocenters. The van der Waals surface area contributed by atoms with Crippen LogP contribution in [-0.4, -0.2) is 18.3 Å². The maximum absolute atomic E-state index is 11.7. The Hall–Kier alpha value is -2.27. The molecule has 1 aliphatic heterocycles. The Kier molecular flexibility index (Phi) is 2.44. The average molecular weight is 286 g/mol. The fourth-order valence-electron chi connectivity index (χ4n) is 2.44. The second-order valence-corrected chi connectivity index (χ2v) is 5.76. The van der Waals surface area contributed by atoms with Gasteiger partial charge in [0.05, 0.1) is 23.3 Å². The van der Waals surface area contributed by atoms with Crippen LogP contribution in [0.5, 0.6) is 5.75 Å². The van der Waals surface area contributed by atoms with E-state index < -0.39 is 5.63 Å². The lowest BCUT2D eigenvalue weighted by Gasteiger charge is -2.07. The Balaban J connectivity index is 1.77. The lowest BCUT2D eigenvalue weighted by atomic mass is 10.1. The summed E-state index contributed by atoms with van der Waals surface area (Å²) in [5.74, 6) is 0.510. The summed E-state index contributed by atoms with van der Waals surface area (Å²) in [7, 11) is 0. The molecular formula is C16H14O5. The standard InChI is InChI=1S/C16H14O5/c1-16(2)14(21-16)8-19-12-7-15(17)20-13-6-11-9(3-4-18-11)5-10(12)13/h3-7,14H,8H2,1-2H3. The number of furan rings is 1. The summed E-state index contributed by atoms with van der Waals surface area (Å²) in [6.07, 6.45) is 1.65. The van der Waals surface area contributed by atoms with Gasteiger partial charge in [0.15, 0.2) is 0 Å². The summed E-state index contributed by atoms with van der Waals surface area (Å²) in [5, 5.41) is 1.69. The van der Waals surface area contributed by atoms with Crippen LogP contribution in [0.2, 0.25) is 0 Å². The Morgan fingerprint density at radius 1 is 1.24 bits per heavy atom. The highest BCUT2D eigenvalue weighted by Gasteiger charge is 2.48. The number of rotatable bonds is 3. The van der Waals surface area contributed by atoms with E-state index in [1.54, 1.807) is 12.3 Å². The summed E-state index contributed by atoms with van der Waals surface area (Å²) in [4.78, 5) is 11.7. The van der Waals surface area contributed by atoms with Crippen LogP contribution in [-0.2, 0) is 4.74 Å². The number of ether oxygens (including phenoxy) is 2. The molecule has 0 bridgehead atoms. The van der Waals surface area contributed by atoms with Crippen molar-refractivity contribution in [1.82, 2.24) is 0 Å². The summed E-state index contributed by atoms with van der Waals surface area (Å²) < 4.78 is 21.8. The highest BCUT2D eigenvalue weighted by Crippen LogP contribution is 2.36. The smallest absolute Gasteiger partial charge is 0.339 e. The van der Waals surface area contributed by atoms with E-state index in [9.17, 15) is 4.79 Å². The molecule has 108 valence electrons. The van der Waals surface area contributed by atoms with E-state index in [0.29, 0.717) is 23.5 Å². The molecule has 1 saturated heterocycles. The molecule has 5 heteroatoms. The minimum Gasteiger partial charge on any atom is -0.490 e. The molecular weight excluding hydrogens is 272 g/mol. The first-order valence-corrected chi connectivity index (χ1v) is 6.79. The molecule has 5 nitrogen and oxygen atoms in total. The summed E-state index contributed by atoms with van der Waals surface area (Å²) in [6, 6.07) is 6.82. The summed E-state index contributed by atoms with van der Waals surface area (Å²) in [5.41, 5.74) is 0.539. The van der Waals surface area contributed by atoms with Crippen molar-refractivity contribution in [2.75, 3.05) is 6.61 Å². The highest BCUT2D eigenvalue weighted by atomic mass is 16.6. The SMILES string of the molecule is CC1(C)OC1COc1cc(=O)oc2cc3occc3cc12. The maximum Gasteiger partial charge on any atom is 0.339 e. The molecule has 0 aliphatic carbocycles. The van der Waals surface area contributed by atoms with Crippen molar-refractivity contribution in [2.45, 2.75) is 25.6 Å². The second kappa shape index (κ2) is 4.11. The zero-order valence-corrected chi connectivity index (χ0v) is 11.7. The molecule has 1 aromatic carbocycles. The zero-order chi connectivity index (χ0) is 14.6. The zero-order valence-electron chi connectivity index (χ0n) is 11.7. The topological polar surface area (TPSA) is 65.1 Å². The van der Waals surface area contributed by atoms with Gasteiger partial charge in [0, 0.05) is 11.5 Å². The molecule has 0 spiro atoms. The third kappa shape index (κ3) is 2.10. The molecule has 21 heavy (non-hydrogen) atoms. The van der Waals surface area contributed by atoms with Gasteiger partial charge in [-0.05, 0) is 26.0 Å². The van der Waals surface area contributed by atoms with Gasteiger partial charge in [-0.15, -0.1) is 0 Å². The lowest BCUT2D eigenvalue weighted by molar-refractivity contribution is 0.255. The van der Waals surface area contributed by atoms with Crippen LogP contribution in [0.1, 0.15) is 13.8 Å². The monoisotopic (exact) mass is 286 g/mol. The quantitative estimate of drug-likeness (QED) is 0.547. The van der Waals surface area contributed by atoms with Crippen molar-refractivity contribution in [3.8, 4) is 5.75 Å². The number of hydrogen-bond donors (Lipinski definition) is 0. The van der Waals surface area contributed by atoms with Crippen molar-refractivity contribution >= 4 is 21.9 Å². The van der Waals surface area contributed by atoms with Crippen LogP contribution < -0.4 is 10.4 Å². The van der Waals surface area contributed by atoms with Crippen LogP contribution in [0.25, 0.3) is 21.9 Å². The first-order valence-electron chi connectivity index (χ1n) is 6.79. The highest BCUT2D eigenvalue weighted by molar-refractivity contribution is 5.95. The first kappa shape index (κ1) is 12.5. The molecule has 1 fully saturated rings. The van der Waals surface area contributed by atoms with Crippen molar-refractivity contribution in [2.24, 2.45) is 0 Å². The second-order valence-electron chi connectivity index (χ2n) is 5.76. The molecule has 0 saturated carbocycles. The van der Waals surface area contributed by atoms with Gasteiger partial charge >= 0.3 is 5.63 Å². The maximum atomic E-state index is 11.7. The third-order valence-electron chi connectivity index (χ3n) is 3.83. The van der Waals surface area contributed by atoms with Crippen LogP contribution in [0.3, 0.4) is 0 Å². The van der Waals surface area contributed by atoms with Gasteiger partial charge in [0.1, 0.15) is 29.6 Å². The molecule has 2 aromatic heterocycles. The Morgan fingerprint density at radius 3 is 2.81 bits per heavy atom. The van der Waals surface area contributed by atoms with Gasteiger partial charge in [-0.2, -0.15) is 0 Å². The van der Waals surface area contributed by atoms with Crippen LogP contribution >= 0.6 is 0 Å². The van der Waals surface area contributed by atoms with Crippen molar-refractivity contribution in [3.05, 3.63) is 40.9 Å². The molecule has 1 atom stereocenters. The summed E-state index contributed by atoms with van der Waals surface area (Å²) in [6.45, 7) is 4.43. The van der Waals surface area contributed by atoms with E-state index >= 15 is 0 Å². The predicted molar refractivity (Wildman–Crippen MR) is 76.7 cm³/mol. The largest absolute Gasteiger partial charge is 0.490 e. The predicted octanol–water partition coefficient (Wildman–Crippen LogP) is 3.10. The van der Waals surface area contributed by atoms with Crippen molar-refractivity contribution in [3.63, 3.8) is 0 Å². The van der Waals surface area contributed by atoms with Crippen LogP contribution in [0.15, 0.2) is 44.2 Å². The molecule has 0 amide bonds. The van der Waals surface area contributed by atoms with Gasteiger partial charge < -0.3 is 18.3 Å². The van der Waals surface area contributed by atoms with E-state index in [1.807, 2.05) is 26.0 Å². The van der Waals surface area contributed by atoms with E-state index in [0.717, 1.165) is 10.8 Å². The van der Waals surface area contributed by atoms with Crippen molar-refractivity contribution < 1.29 is 18.3 Å². The van der Waals surface area contributed by atoms with Crippen molar-refractivity contribution in [1.29, 1.82) is 0 Å². The van der Waals surface area contributed by atoms with Gasteiger partial charge in [0.2, 0.25) is 0 Å². The molecule has 3 aromatic rings. The first-order chi connectivity index (χ1) is 10.0. The molecule has 0 radical (unpaired) electrons. The number of fused-ring (bicyclic) bond motifs is 2. The molecule has 0 N–H and O–H groups in total. The van der Waals surface area contributed by atoms with E-state index in [4.69, 9.17) is 18.3 Å². The van der Waals surface area contributed by atoms with E-state index in [-0.39, 0.29) is 11.7 Å². The minimum atomic E-state index is -0.445.